The second kappa shape index (κ2) is 6.93. The lowest BCUT2D eigenvalue weighted by Crippen LogP contribution is -2.19. The zero-order chi connectivity index (χ0) is 15.4. The number of ether oxygens (including phenoxy) is 1. The van der Waals surface area contributed by atoms with Crippen molar-refractivity contribution in [1.29, 1.82) is 0 Å². The number of amides is 1. The zero-order valence-corrected chi connectivity index (χ0v) is 13.3. The number of thiophene rings is 1. The molecule has 21 heavy (non-hydrogen) atoms. The highest BCUT2D eigenvalue weighted by Gasteiger charge is 2.15. The average molecular weight is 344 g/mol. The molecule has 0 atom stereocenters. The Morgan fingerprint density at radius 3 is 2.76 bits per heavy atom. The third-order valence-electron chi connectivity index (χ3n) is 2.58. The molecule has 0 saturated heterocycles. The highest BCUT2D eigenvalue weighted by molar-refractivity contribution is 7.12. The number of hydrogen-bond acceptors (Lipinski definition) is 4. The third kappa shape index (κ3) is 3.97. The molecule has 0 aliphatic rings. The van der Waals surface area contributed by atoms with Crippen molar-refractivity contribution in [2.75, 3.05) is 5.32 Å². The van der Waals surface area contributed by atoms with E-state index in [1.165, 1.54) is 11.3 Å². The van der Waals surface area contributed by atoms with Crippen LogP contribution >= 0.6 is 34.5 Å². The number of anilines is 1. The normalized spacial score (nSPS) is 10.5. The zero-order valence-electron chi connectivity index (χ0n) is 10.9. The minimum atomic E-state index is -1.18. The van der Waals surface area contributed by atoms with Gasteiger partial charge in [-0.25, -0.2) is 0 Å². The summed E-state index contributed by atoms with van der Waals surface area (Å²) in [5.74, 6) is 0.293. The molecule has 2 rings (SSSR count). The summed E-state index contributed by atoms with van der Waals surface area (Å²) in [6, 6.07) is 6.95. The second-order valence-corrected chi connectivity index (χ2v) is 6.20. The monoisotopic (exact) mass is 343 g/mol. The van der Waals surface area contributed by atoms with Crippen molar-refractivity contribution in [1.82, 2.24) is 0 Å². The topological polar surface area (TPSA) is 55.4 Å². The number of nitrogens with one attached hydrogen (secondary N) is 1. The first-order valence-electron chi connectivity index (χ1n) is 5.91. The highest BCUT2D eigenvalue weighted by Crippen LogP contribution is 2.34. The molecule has 0 spiro atoms. The van der Waals surface area contributed by atoms with Gasteiger partial charge in [0.25, 0.3) is 5.91 Å². The Morgan fingerprint density at radius 1 is 1.33 bits per heavy atom. The van der Waals surface area contributed by atoms with Crippen molar-refractivity contribution in [2.24, 2.45) is 0 Å². The molecule has 0 bridgehead atoms. The number of carbonyl (C=O) groups is 2. The summed E-state index contributed by atoms with van der Waals surface area (Å²) in [5.41, 5.74) is 1.37. The number of carbonyl (C=O) groups excluding carboxylic acids is 2. The van der Waals surface area contributed by atoms with Crippen LogP contribution in [0.1, 0.15) is 15.2 Å². The van der Waals surface area contributed by atoms with Crippen molar-refractivity contribution in [3.05, 3.63) is 40.1 Å². The van der Waals surface area contributed by atoms with Gasteiger partial charge in [0.1, 0.15) is 10.6 Å². The Hall–Kier alpha value is -1.56. The lowest BCUT2D eigenvalue weighted by Gasteiger charge is -2.13. The number of rotatable bonds is 5. The van der Waals surface area contributed by atoms with Gasteiger partial charge in [-0.1, -0.05) is 29.3 Å². The van der Waals surface area contributed by atoms with Gasteiger partial charge in [0, 0.05) is 0 Å². The molecule has 4 nitrogen and oxygen atoms in total. The predicted octanol–water partition coefficient (Wildman–Crippen LogP) is 4.40. The fourth-order valence-corrected chi connectivity index (χ4v) is 2.34. The summed E-state index contributed by atoms with van der Waals surface area (Å²) in [5, 5.41) is 4.34. The molecule has 0 radical (unpaired) electrons. The molecule has 1 heterocycles. The summed E-state index contributed by atoms with van der Waals surface area (Å²) in [4.78, 5) is 21.8. The van der Waals surface area contributed by atoms with Crippen molar-refractivity contribution in [2.45, 2.75) is 11.8 Å². The Balaban J connectivity index is 2.30. The van der Waals surface area contributed by atoms with Gasteiger partial charge in [0.15, 0.2) is 16.9 Å². The van der Waals surface area contributed by atoms with E-state index in [9.17, 15) is 9.59 Å². The number of benzene rings is 1. The molecule has 0 aliphatic heterocycles. The Morgan fingerprint density at radius 2 is 2.10 bits per heavy atom. The quantitative estimate of drug-likeness (QED) is 0.646. The maximum absolute atomic E-state index is 11.6. The van der Waals surface area contributed by atoms with Crippen LogP contribution in [0.25, 0.3) is 0 Å². The number of halogens is 2. The molecule has 7 heteroatoms. The number of aryl methyl sites for hydroxylation is 1. The lowest BCUT2D eigenvalue weighted by molar-refractivity contribution is -0.114. The molecule has 0 saturated carbocycles. The van der Waals surface area contributed by atoms with Crippen LogP contribution in [0.4, 0.5) is 5.69 Å². The van der Waals surface area contributed by atoms with Crippen LogP contribution in [0.3, 0.4) is 0 Å². The third-order valence-corrected chi connectivity index (χ3v) is 3.80. The molecule has 1 amide bonds. The van der Waals surface area contributed by atoms with Gasteiger partial charge in [-0.2, -0.15) is 0 Å². The molecule has 110 valence electrons. The standard InChI is InChI=1S/C14H11Cl2NO3S/c1-8-2-3-10(9(6-8)17-14(19)13(15)16)20-11-4-5-21-12(11)7-18/h2-7,13H,1H3,(H,17,19). The van der Waals surface area contributed by atoms with Crippen molar-refractivity contribution >= 4 is 52.4 Å². The van der Waals surface area contributed by atoms with Crippen LogP contribution in [0, 0.1) is 6.92 Å². The van der Waals surface area contributed by atoms with Gasteiger partial charge in [0.2, 0.25) is 0 Å². The van der Waals surface area contributed by atoms with Crippen LogP contribution in [0.15, 0.2) is 29.6 Å². The van der Waals surface area contributed by atoms with Crippen molar-refractivity contribution in [3.63, 3.8) is 0 Å². The van der Waals surface area contributed by atoms with Crippen molar-refractivity contribution in [3.8, 4) is 11.5 Å². The molecule has 0 fully saturated rings. The van der Waals surface area contributed by atoms with Gasteiger partial charge in [0.05, 0.1) is 5.69 Å². The molecular weight excluding hydrogens is 333 g/mol. The van der Waals surface area contributed by atoms with E-state index < -0.39 is 10.7 Å². The first-order chi connectivity index (χ1) is 10.0. The number of aldehydes is 1. The molecular formula is C14H11Cl2NO3S. The summed E-state index contributed by atoms with van der Waals surface area (Å²) in [6.45, 7) is 1.87. The summed E-state index contributed by atoms with van der Waals surface area (Å²) >= 11 is 12.3. The fraction of sp³-hybridized carbons (Fsp3) is 0.143. The largest absolute Gasteiger partial charge is 0.454 e. The Labute approximate surface area is 135 Å². The highest BCUT2D eigenvalue weighted by atomic mass is 35.5. The van der Waals surface area contributed by atoms with Gasteiger partial charge >= 0.3 is 0 Å². The van der Waals surface area contributed by atoms with Crippen LogP contribution in [-0.4, -0.2) is 17.0 Å². The lowest BCUT2D eigenvalue weighted by atomic mass is 10.2. The number of hydrogen-bond donors (Lipinski definition) is 1. The first-order valence-corrected chi connectivity index (χ1v) is 7.66. The smallest absolute Gasteiger partial charge is 0.257 e. The second-order valence-electron chi connectivity index (χ2n) is 4.16. The molecule has 0 unspecified atom stereocenters. The van der Waals surface area contributed by atoms with Crippen LogP contribution in [0.2, 0.25) is 0 Å². The van der Waals surface area contributed by atoms with Gasteiger partial charge in [-0.05, 0) is 36.1 Å². The minimum Gasteiger partial charge on any atom is -0.454 e. The SMILES string of the molecule is Cc1ccc(Oc2ccsc2C=O)c(NC(=O)C(Cl)Cl)c1. The summed E-state index contributed by atoms with van der Waals surface area (Å²) in [6.07, 6.45) is 0.722. The van der Waals surface area contributed by atoms with Crippen molar-refractivity contribution < 1.29 is 14.3 Å². The molecule has 1 aromatic heterocycles. The van der Waals surface area contributed by atoms with Gasteiger partial charge in [-0.15, -0.1) is 11.3 Å². The van der Waals surface area contributed by atoms with E-state index in [0.29, 0.717) is 22.1 Å². The van der Waals surface area contributed by atoms with Crippen LogP contribution in [-0.2, 0) is 4.79 Å². The summed E-state index contributed by atoms with van der Waals surface area (Å²) in [7, 11) is 0. The molecule has 1 aromatic carbocycles. The van der Waals surface area contributed by atoms with E-state index in [0.717, 1.165) is 11.8 Å². The van der Waals surface area contributed by atoms with E-state index in [1.54, 1.807) is 23.6 Å². The van der Waals surface area contributed by atoms with Gasteiger partial charge in [-0.3, -0.25) is 9.59 Å². The maximum Gasteiger partial charge on any atom is 0.257 e. The molecule has 1 N–H and O–H groups in total. The number of alkyl halides is 2. The predicted molar refractivity (Wildman–Crippen MR) is 85.1 cm³/mol. The molecule has 0 aliphatic carbocycles. The first kappa shape index (κ1) is 15.8. The van der Waals surface area contributed by atoms with Crippen LogP contribution < -0.4 is 10.1 Å². The Bertz CT molecular complexity index is 670. The summed E-state index contributed by atoms with van der Waals surface area (Å²) < 4.78 is 5.69. The van der Waals surface area contributed by atoms with Gasteiger partial charge < -0.3 is 10.1 Å². The van der Waals surface area contributed by atoms with Crippen LogP contribution in [0.5, 0.6) is 11.5 Å². The Kier molecular flexibility index (Phi) is 5.22. The van der Waals surface area contributed by atoms with E-state index >= 15 is 0 Å². The van der Waals surface area contributed by atoms with E-state index in [2.05, 4.69) is 5.32 Å². The van der Waals surface area contributed by atoms with E-state index in [-0.39, 0.29) is 0 Å². The van der Waals surface area contributed by atoms with E-state index in [4.69, 9.17) is 27.9 Å². The van der Waals surface area contributed by atoms with E-state index in [1.807, 2.05) is 13.0 Å². The fourth-order valence-electron chi connectivity index (χ4n) is 1.62. The average Bonchev–Trinajstić information content (AvgIpc) is 2.88. The molecule has 2 aromatic rings. The minimum absolute atomic E-state index is 0.407. The maximum atomic E-state index is 11.6.